The molecule has 0 N–H and O–H groups in total. The zero-order valence-corrected chi connectivity index (χ0v) is 12.9. The van der Waals surface area contributed by atoms with Crippen molar-refractivity contribution in [3.05, 3.63) is 35.4 Å². The third-order valence-corrected chi connectivity index (χ3v) is 5.77. The van der Waals surface area contributed by atoms with E-state index in [2.05, 4.69) is 43.1 Å². The number of likely N-dealkylation sites (N-methyl/N-ethyl adjacent to an activating group) is 1. The summed E-state index contributed by atoms with van der Waals surface area (Å²) in [5.41, 5.74) is 2.63. The maximum absolute atomic E-state index is 12.2. The molecule has 3 unspecified atom stereocenters. The van der Waals surface area contributed by atoms with Crippen LogP contribution in [-0.4, -0.2) is 29.3 Å². The van der Waals surface area contributed by atoms with Crippen molar-refractivity contribution in [3.8, 4) is 0 Å². The fourth-order valence-corrected chi connectivity index (χ4v) is 4.31. The van der Waals surface area contributed by atoms with Crippen molar-refractivity contribution in [2.75, 3.05) is 7.05 Å². The largest absolute Gasteiger partial charge is 0.298 e. The number of nitrogens with zero attached hydrogens (tertiary/aromatic N) is 1. The smallest absolute Gasteiger partial charge is 0.150 e. The van der Waals surface area contributed by atoms with E-state index < -0.39 is 0 Å². The number of fused-ring (bicyclic) bond motifs is 2. The van der Waals surface area contributed by atoms with Crippen molar-refractivity contribution >= 4 is 5.78 Å². The van der Waals surface area contributed by atoms with Gasteiger partial charge in [0, 0.05) is 6.04 Å². The molecular weight excluding hydrogens is 246 g/mol. The van der Waals surface area contributed by atoms with Gasteiger partial charge in [0.1, 0.15) is 5.78 Å². The van der Waals surface area contributed by atoms with E-state index in [1.54, 1.807) is 6.92 Å². The van der Waals surface area contributed by atoms with Crippen molar-refractivity contribution in [1.29, 1.82) is 0 Å². The number of carbonyl (C=O) groups is 1. The van der Waals surface area contributed by atoms with Crippen LogP contribution in [0.1, 0.15) is 56.6 Å². The molecule has 0 radical (unpaired) electrons. The van der Waals surface area contributed by atoms with Crippen molar-refractivity contribution in [2.45, 2.75) is 63.5 Å². The van der Waals surface area contributed by atoms with Gasteiger partial charge in [-0.2, -0.15) is 0 Å². The predicted octanol–water partition coefficient (Wildman–Crippen LogP) is 3.55. The number of benzene rings is 1. The lowest BCUT2D eigenvalue weighted by molar-refractivity contribution is -0.129. The van der Waals surface area contributed by atoms with Crippen LogP contribution in [0.15, 0.2) is 24.3 Å². The van der Waals surface area contributed by atoms with E-state index in [1.807, 2.05) is 0 Å². The number of piperidine rings is 1. The quantitative estimate of drug-likeness (QED) is 0.838. The van der Waals surface area contributed by atoms with Crippen molar-refractivity contribution in [1.82, 2.24) is 4.90 Å². The summed E-state index contributed by atoms with van der Waals surface area (Å²) in [4.78, 5) is 14.6. The molecule has 0 aromatic heterocycles. The van der Waals surface area contributed by atoms with E-state index >= 15 is 0 Å². The van der Waals surface area contributed by atoms with Gasteiger partial charge in [-0.1, -0.05) is 31.2 Å². The highest BCUT2D eigenvalue weighted by molar-refractivity contribution is 5.87. The Morgan fingerprint density at radius 3 is 2.65 bits per heavy atom. The first-order valence-corrected chi connectivity index (χ1v) is 7.89. The highest BCUT2D eigenvalue weighted by Crippen LogP contribution is 2.49. The molecule has 3 rings (SSSR count). The molecule has 0 amide bonds. The molecule has 2 aliphatic heterocycles. The Morgan fingerprint density at radius 1 is 1.35 bits per heavy atom. The normalized spacial score (nSPS) is 33.4. The average molecular weight is 271 g/mol. The summed E-state index contributed by atoms with van der Waals surface area (Å²) in [7, 11) is 2.15. The molecule has 2 fully saturated rings. The Balaban J connectivity index is 1.87. The Bertz CT molecular complexity index is 507. The first-order chi connectivity index (χ1) is 9.56. The van der Waals surface area contributed by atoms with Crippen LogP contribution in [0.25, 0.3) is 0 Å². The third kappa shape index (κ3) is 2.01. The fourth-order valence-electron chi connectivity index (χ4n) is 4.31. The molecule has 0 aliphatic carbocycles. The molecule has 2 saturated heterocycles. The zero-order valence-electron chi connectivity index (χ0n) is 12.9. The van der Waals surface area contributed by atoms with Crippen LogP contribution in [0.4, 0.5) is 0 Å². The second-order valence-electron chi connectivity index (χ2n) is 6.62. The molecule has 3 atom stereocenters. The first kappa shape index (κ1) is 13.8. The van der Waals surface area contributed by atoms with Crippen LogP contribution in [0, 0.1) is 0 Å². The maximum atomic E-state index is 12.2. The van der Waals surface area contributed by atoms with E-state index in [0.29, 0.717) is 17.7 Å². The second kappa shape index (κ2) is 5.00. The SMILES string of the molecule is CCc1ccc(C2CC3CCC(C(C)=O)(C2)N3C)cc1. The Morgan fingerprint density at radius 2 is 2.05 bits per heavy atom. The number of aryl methyl sites for hydroxylation is 1. The third-order valence-electron chi connectivity index (χ3n) is 5.77. The molecule has 2 aliphatic rings. The second-order valence-corrected chi connectivity index (χ2v) is 6.62. The molecule has 2 nitrogen and oxygen atoms in total. The minimum atomic E-state index is -0.184. The van der Waals surface area contributed by atoms with Gasteiger partial charge in [0.05, 0.1) is 5.54 Å². The Labute approximate surface area is 122 Å². The van der Waals surface area contributed by atoms with Crippen molar-refractivity contribution < 1.29 is 4.79 Å². The first-order valence-electron chi connectivity index (χ1n) is 7.89. The number of Topliss-reactive ketones (excluding diaryl/α,β-unsaturated/α-hetero) is 1. The zero-order chi connectivity index (χ0) is 14.3. The lowest BCUT2D eigenvalue weighted by Gasteiger charge is -2.44. The van der Waals surface area contributed by atoms with E-state index in [4.69, 9.17) is 0 Å². The molecule has 2 bridgehead atoms. The Hall–Kier alpha value is -1.15. The molecule has 20 heavy (non-hydrogen) atoms. The van der Waals surface area contributed by atoms with Gasteiger partial charge < -0.3 is 0 Å². The molecule has 108 valence electrons. The topological polar surface area (TPSA) is 20.3 Å². The highest BCUT2D eigenvalue weighted by Gasteiger charge is 2.52. The van der Waals surface area contributed by atoms with Gasteiger partial charge in [-0.15, -0.1) is 0 Å². The summed E-state index contributed by atoms with van der Waals surface area (Å²) in [6.45, 7) is 3.97. The van der Waals surface area contributed by atoms with Gasteiger partial charge in [0.2, 0.25) is 0 Å². The highest BCUT2D eigenvalue weighted by atomic mass is 16.1. The summed E-state index contributed by atoms with van der Waals surface area (Å²) in [6, 6.07) is 9.64. The summed E-state index contributed by atoms with van der Waals surface area (Å²) < 4.78 is 0. The lowest BCUT2D eigenvalue weighted by atomic mass is 9.76. The average Bonchev–Trinajstić information content (AvgIpc) is 2.66. The molecule has 2 heterocycles. The number of hydrogen-bond acceptors (Lipinski definition) is 2. The summed E-state index contributed by atoms with van der Waals surface area (Å²) in [5, 5.41) is 0. The number of hydrogen-bond donors (Lipinski definition) is 0. The minimum absolute atomic E-state index is 0.184. The van der Waals surface area contributed by atoms with E-state index in [-0.39, 0.29) is 5.54 Å². The van der Waals surface area contributed by atoms with Crippen LogP contribution >= 0.6 is 0 Å². The van der Waals surface area contributed by atoms with Gasteiger partial charge in [0.15, 0.2) is 0 Å². The van der Waals surface area contributed by atoms with Gasteiger partial charge in [0.25, 0.3) is 0 Å². The van der Waals surface area contributed by atoms with E-state index in [1.165, 1.54) is 24.0 Å². The lowest BCUT2D eigenvalue weighted by Crippen LogP contribution is -2.54. The molecule has 0 spiro atoms. The van der Waals surface area contributed by atoms with Crippen LogP contribution in [0.5, 0.6) is 0 Å². The standard InChI is InChI=1S/C18H25NO/c1-4-14-5-7-15(8-6-14)16-11-17-9-10-18(12-16,13(2)20)19(17)3/h5-8,16-17H,4,9-12H2,1-3H3. The van der Waals surface area contributed by atoms with Crippen LogP contribution in [-0.2, 0) is 11.2 Å². The van der Waals surface area contributed by atoms with Crippen LogP contribution in [0.2, 0.25) is 0 Å². The molecule has 0 saturated carbocycles. The summed E-state index contributed by atoms with van der Waals surface area (Å²) >= 11 is 0. The van der Waals surface area contributed by atoms with Gasteiger partial charge in [-0.25, -0.2) is 0 Å². The van der Waals surface area contributed by atoms with Crippen molar-refractivity contribution in [3.63, 3.8) is 0 Å². The summed E-state index contributed by atoms with van der Waals surface area (Å²) in [5.74, 6) is 0.908. The number of ketones is 1. The monoisotopic (exact) mass is 271 g/mol. The fraction of sp³-hybridized carbons (Fsp3) is 0.611. The molecule has 2 heteroatoms. The van der Waals surface area contributed by atoms with E-state index in [9.17, 15) is 4.79 Å². The Kier molecular flexibility index (Phi) is 3.45. The van der Waals surface area contributed by atoms with E-state index in [0.717, 1.165) is 19.3 Å². The van der Waals surface area contributed by atoms with Crippen LogP contribution < -0.4 is 0 Å². The van der Waals surface area contributed by atoms with Gasteiger partial charge in [-0.05, 0) is 63.1 Å². The predicted molar refractivity (Wildman–Crippen MR) is 82.0 cm³/mol. The maximum Gasteiger partial charge on any atom is 0.150 e. The number of rotatable bonds is 3. The molecule has 1 aromatic carbocycles. The van der Waals surface area contributed by atoms with Crippen molar-refractivity contribution in [2.24, 2.45) is 0 Å². The van der Waals surface area contributed by atoms with Gasteiger partial charge >= 0.3 is 0 Å². The number of carbonyl (C=O) groups excluding carboxylic acids is 1. The molecule has 1 aromatic rings. The summed E-state index contributed by atoms with van der Waals surface area (Å²) in [6.07, 6.45) is 5.53. The van der Waals surface area contributed by atoms with Gasteiger partial charge in [-0.3, -0.25) is 9.69 Å². The van der Waals surface area contributed by atoms with Crippen LogP contribution in [0.3, 0.4) is 0 Å². The minimum Gasteiger partial charge on any atom is -0.298 e. The molecular formula is C18H25NO.